The van der Waals surface area contributed by atoms with E-state index in [0.29, 0.717) is 34.1 Å². The zero-order chi connectivity index (χ0) is 30.0. The van der Waals surface area contributed by atoms with Crippen molar-refractivity contribution in [3.8, 4) is 23.0 Å². The maximum Gasteiger partial charge on any atom is 0.244 e. The highest BCUT2D eigenvalue weighted by molar-refractivity contribution is 9.10. The van der Waals surface area contributed by atoms with Crippen molar-refractivity contribution in [3.05, 3.63) is 130 Å². The van der Waals surface area contributed by atoms with Gasteiger partial charge in [-0.25, -0.2) is 5.43 Å². The quantitative estimate of drug-likeness (QED) is 0.113. The molecule has 5 rings (SSSR count). The van der Waals surface area contributed by atoms with Gasteiger partial charge >= 0.3 is 0 Å². The number of hydrogen-bond acceptors (Lipinski definition) is 6. The first kappa shape index (κ1) is 29.7. The average Bonchev–Trinajstić information content (AvgIpc) is 3.04. The Kier molecular flexibility index (Phi) is 9.92. The van der Waals surface area contributed by atoms with Crippen LogP contribution >= 0.6 is 15.9 Å². The Labute approximate surface area is 259 Å². The summed E-state index contributed by atoms with van der Waals surface area (Å²) in [6.07, 6.45) is 1.79. The van der Waals surface area contributed by atoms with Crippen LogP contribution in [0.5, 0.6) is 23.0 Å². The summed E-state index contributed by atoms with van der Waals surface area (Å²) in [5.74, 6) is 2.14. The first-order valence-corrected chi connectivity index (χ1v) is 14.5. The third-order valence-electron chi connectivity index (χ3n) is 6.73. The van der Waals surface area contributed by atoms with Gasteiger partial charge in [0.15, 0.2) is 23.0 Å². The Hall–Kier alpha value is -4.82. The molecule has 1 amide bonds. The highest BCUT2D eigenvalue weighted by atomic mass is 79.9. The number of nitrogens with one attached hydrogen (secondary N) is 1. The van der Waals surface area contributed by atoms with Gasteiger partial charge in [-0.3, -0.25) is 4.79 Å². The van der Waals surface area contributed by atoms with E-state index in [4.69, 9.17) is 18.9 Å². The van der Waals surface area contributed by atoms with Crippen molar-refractivity contribution >= 4 is 38.8 Å². The summed E-state index contributed by atoms with van der Waals surface area (Å²) >= 11 is 3.58. The zero-order valence-electron chi connectivity index (χ0n) is 23.9. The van der Waals surface area contributed by atoms with Gasteiger partial charge in [-0.2, -0.15) is 5.10 Å². The van der Waals surface area contributed by atoms with Gasteiger partial charge in [0, 0.05) is 0 Å². The molecule has 1 N–H and O–H groups in total. The number of nitrogens with zero attached hydrogens (tertiary/aromatic N) is 1. The van der Waals surface area contributed by atoms with E-state index in [9.17, 15) is 4.79 Å². The van der Waals surface area contributed by atoms with Gasteiger partial charge in [0.1, 0.15) is 13.2 Å². The first-order valence-electron chi connectivity index (χ1n) is 13.7. The molecule has 0 heterocycles. The standard InChI is InChI=1S/C35H31BrN2O5/c1-40-32-18-25(15-16-31(32)42-22-24-9-4-3-5-10-24)23-43-35-30(36)17-26(19-33(35)41-2)21-37-38-34(39)20-28-13-8-12-27-11-6-7-14-29(27)28/h3-19,21H,20,22-23H2,1-2H3,(H,38,39)/b37-21+. The van der Waals surface area contributed by atoms with Crippen molar-refractivity contribution in [1.82, 2.24) is 5.43 Å². The van der Waals surface area contributed by atoms with E-state index >= 15 is 0 Å². The monoisotopic (exact) mass is 638 g/mol. The van der Waals surface area contributed by atoms with Crippen LogP contribution < -0.4 is 24.4 Å². The van der Waals surface area contributed by atoms with E-state index < -0.39 is 0 Å². The summed E-state index contributed by atoms with van der Waals surface area (Å²) in [4.78, 5) is 12.6. The maximum absolute atomic E-state index is 12.6. The lowest BCUT2D eigenvalue weighted by Gasteiger charge is -2.15. The molecule has 0 atom stereocenters. The second kappa shape index (κ2) is 14.4. The fourth-order valence-corrected chi connectivity index (χ4v) is 5.18. The lowest BCUT2D eigenvalue weighted by Crippen LogP contribution is -2.19. The van der Waals surface area contributed by atoms with Crippen molar-refractivity contribution < 1.29 is 23.7 Å². The number of halogens is 1. The van der Waals surface area contributed by atoms with Crippen molar-refractivity contribution in [3.63, 3.8) is 0 Å². The number of ether oxygens (including phenoxy) is 4. The maximum atomic E-state index is 12.6. The zero-order valence-corrected chi connectivity index (χ0v) is 25.5. The Morgan fingerprint density at radius 3 is 2.33 bits per heavy atom. The molecular weight excluding hydrogens is 608 g/mol. The Bertz CT molecular complexity index is 1730. The fraction of sp³-hybridized carbons (Fsp3) is 0.143. The number of fused-ring (bicyclic) bond motifs is 1. The van der Waals surface area contributed by atoms with E-state index in [1.165, 1.54) is 0 Å². The smallest absolute Gasteiger partial charge is 0.244 e. The highest BCUT2D eigenvalue weighted by Crippen LogP contribution is 2.37. The van der Waals surface area contributed by atoms with Gasteiger partial charge in [-0.05, 0) is 73.2 Å². The number of carbonyl (C=O) groups is 1. The van der Waals surface area contributed by atoms with Crippen molar-refractivity contribution in [1.29, 1.82) is 0 Å². The second-order valence-electron chi connectivity index (χ2n) is 9.69. The third-order valence-corrected chi connectivity index (χ3v) is 7.32. The Morgan fingerprint density at radius 1 is 0.767 bits per heavy atom. The van der Waals surface area contributed by atoms with E-state index in [0.717, 1.165) is 33.0 Å². The average molecular weight is 640 g/mol. The largest absolute Gasteiger partial charge is 0.493 e. The predicted molar refractivity (Wildman–Crippen MR) is 172 cm³/mol. The summed E-state index contributed by atoms with van der Waals surface area (Å²) in [7, 11) is 3.19. The first-order chi connectivity index (χ1) is 21.0. The molecule has 0 spiro atoms. The molecule has 0 saturated carbocycles. The molecule has 0 unspecified atom stereocenters. The summed E-state index contributed by atoms with van der Waals surface area (Å²) in [5, 5.41) is 6.30. The number of benzene rings is 5. The topological polar surface area (TPSA) is 78.4 Å². The number of carbonyl (C=O) groups excluding carboxylic acids is 1. The van der Waals surface area contributed by atoms with Crippen LogP contribution in [0.3, 0.4) is 0 Å². The fourth-order valence-electron chi connectivity index (χ4n) is 4.60. The molecule has 0 aliphatic rings. The van der Waals surface area contributed by atoms with Crippen molar-refractivity contribution in [2.24, 2.45) is 5.10 Å². The van der Waals surface area contributed by atoms with Gasteiger partial charge in [0.2, 0.25) is 5.91 Å². The van der Waals surface area contributed by atoms with E-state index in [-0.39, 0.29) is 18.9 Å². The predicted octanol–water partition coefficient (Wildman–Crippen LogP) is 7.47. The van der Waals surface area contributed by atoms with Gasteiger partial charge in [-0.1, -0.05) is 78.9 Å². The highest BCUT2D eigenvalue weighted by Gasteiger charge is 2.13. The number of methoxy groups -OCH3 is 2. The van der Waals surface area contributed by atoms with Crippen LogP contribution in [-0.4, -0.2) is 26.3 Å². The van der Waals surface area contributed by atoms with Crippen LogP contribution in [0, 0.1) is 0 Å². The minimum absolute atomic E-state index is 0.203. The molecule has 0 bridgehead atoms. The molecule has 8 heteroatoms. The van der Waals surface area contributed by atoms with E-state index in [1.807, 2.05) is 97.1 Å². The Balaban J connectivity index is 1.20. The molecule has 5 aromatic carbocycles. The van der Waals surface area contributed by atoms with Gasteiger partial charge in [-0.15, -0.1) is 0 Å². The minimum atomic E-state index is -0.203. The molecule has 5 aromatic rings. The summed E-state index contributed by atoms with van der Waals surface area (Å²) in [5.41, 5.74) is 6.27. The summed E-state index contributed by atoms with van der Waals surface area (Å²) in [6.45, 7) is 0.725. The SMILES string of the molecule is COc1cc(COc2c(Br)cc(/C=N/NC(=O)Cc3cccc4ccccc34)cc2OC)ccc1OCc1ccccc1. The van der Waals surface area contributed by atoms with Gasteiger partial charge in [0.05, 0.1) is 31.3 Å². The molecule has 218 valence electrons. The van der Waals surface area contributed by atoms with Crippen LogP contribution in [0.1, 0.15) is 22.3 Å². The molecule has 43 heavy (non-hydrogen) atoms. The number of amides is 1. The molecule has 0 fully saturated rings. The molecule has 0 radical (unpaired) electrons. The summed E-state index contributed by atoms with van der Waals surface area (Å²) < 4.78 is 23.9. The summed E-state index contributed by atoms with van der Waals surface area (Å²) in [6, 6.07) is 33.2. The van der Waals surface area contributed by atoms with E-state index in [1.54, 1.807) is 26.5 Å². The normalized spacial score (nSPS) is 11.0. The van der Waals surface area contributed by atoms with Crippen LogP contribution in [0.4, 0.5) is 0 Å². The molecular formula is C35H31BrN2O5. The molecule has 0 aromatic heterocycles. The minimum Gasteiger partial charge on any atom is -0.493 e. The van der Waals surface area contributed by atoms with Crippen LogP contribution in [0.15, 0.2) is 113 Å². The molecule has 0 aliphatic carbocycles. The second-order valence-corrected chi connectivity index (χ2v) is 10.5. The van der Waals surface area contributed by atoms with Crippen LogP contribution in [0.2, 0.25) is 0 Å². The lowest BCUT2D eigenvalue weighted by molar-refractivity contribution is -0.120. The van der Waals surface area contributed by atoms with Crippen LogP contribution in [-0.2, 0) is 24.4 Å². The number of hydrogen-bond donors (Lipinski definition) is 1. The molecule has 0 aliphatic heterocycles. The lowest BCUT2D eigenvalue weighted by atomic mass is 10.0. The van der Waals surface area contributed by atoms with Crippen LogP contribution in [0.25, 0.3) is 10.8 Å². The van der Waals surface area contributed by atoms with Gasteiger partial charge < -0.3 is 18.9 Å². The molecule has 0 saturated heterocycles. The Morgan fingerprint density at radius 2 is 1.51 bits per heavy atom. The number of rotatable bonds is 12. The van der Waals surface area contributed by atoms with Crippen molar-refractivity contribution in [2.75, 3.05) is 14.2 Å². The number of hydrazone groups is 1. The van der Waals surface area contributed by atoms with E-state index in [2.05, 4.69) is 26.5 Å². The third kappa shape index (κ3) is 7.72. The van der Waals surface area contributed by atoms with Gasteiger partial charge in [0.25, 0.3) is 0 Å². The molecule has 7 nitrogen and oxygen atoms in total. The van der Waals surface area contributed by atoms with Crippen molar-refractivity contribution in [2.45, 2.75) is 19.6 Å².